The predicted molar refractivity (Wildman–Crippen MR) is 108 cm³/mol. The first-order valence-corrected chi connectivity index (χ1v) is 11.6. The molecule has 4 rings (SSSR count). The number of carbonyl (C=O) groups excluding carboxylic acids is 1. The van der Waals surface area contributed by atoms with Gasteiger partial charge < -0.3 is 4.90 Å². The molecule has 0 saturated carbocycles. The Labute approximate surface area is 167 Å². The van der Waals surface area contributed by atoms with Crippen molar-refractivity contribution >= 4 is 32.7 Å². The molecular formula is C20H19FN2O3S2. The number of halogens is 1. The van der Waals surface area contributed by atoms with Crippen molar-refractivity contribution < 1.29 is 17.6 Å². The highest BCUT2D eigenvalue weighted by molar-refractivity contribution is 8.15. The number of amides is 1. The highest BCUT2D eigenvalue weighted by atomic mass is 32.2. The summed E-state index contributed by atoms with van der Waals surface area (Å²) in [6.45, 7) is 0.390. The third-order valence-corrected chi connectivity index (χ3v) is 8.11. The molecule has 2 aliphatic heterocycles. The summed E-state index contributed by atoms with van der Waals surface area (Å²) < 4.78 is 37.3. The van der Waals surface area contributed by atoms with Crippen molar-refractivity contribution in [2.45, 2.75) is 24.3 Å². The third kappa shape index (κ3) is 4.28. The van der Waals surface area contributed by atoms with Crippen molar-refractivity contribution in [3.63, 3.8) is 0 Å². The van der Waals surface area contributed by atoms with E-state index in [9.17, 15) is 17.6 Å². The summed E-state index contributed by atoms with van der Waals surface area (Å²) >= 11 is 1.35. The van der Waals surface area contributed by atoms with Crippen molar-refractivity contribution in [3.05, 3.63) is 71.5 Å². The van der Waals surface area contributed by atoms with E-state index in [2.05, 4.69) is 4.99 Å². The molecular weight excluding hydrogens is 399 g/mol. The Hall–Kier alpha value is -2.19. The van der Waals surface area contributed by atoms with Gasteiger partial charge in [-0.3, -0.25) is 4.79 Å². The number of fused-ring (bicyclic) bond motifs is 1. The van der Waals surface area contributed by atoms with Crippen molar-refractivity contribution in [3.8, 4) is 0 Å². The molecule has 5 nitrogen and oxygen atoms in total. The first kappa shape index (κ1) is 19.1. The zero-order valence-electron chi connectivity index (χ0n) is 15.0. The summed E-state index contributed by atoms with van der Waals surface area (Å²) in [6.07, 6.45) is 0.197. The van der Waals surface area contributed by atoms with Gasteiger partial charge >= 0.3 is 0 Å². The summed E-state index contributed by atoms with van der Waals surface area (Å²) in [5.74, 6) is -0.445. The zero-order chi connectivity index (χ0) is 19.7. The number of aliphatic imine (C=N–C) groups is 1. The second-order valence-electron chi connectivity index (χ2n) is 7.01. The molecule has 2 aromatic carbocycles. The Kier molecular flexibility index (Phi) is 5.25. The van der Waals surface area contributed by atoms with Crippen LogP contribution in [0.3, 0.4) is 0 Å². The van der Waals surface area contributed by atoms with E-state index in [1.54, 1.807) is 12.1 Å². The maximum atomic E-state index is 13.2. The monoisotopic (exact) mass is 418 g/mol. The van der Waals surface area contributed by atoms with Crippen molar-refractivity contribution in [1.29, 1.82) is 0 Å². The first-order valence-electron chi connectivity index (χ1n) is 8.93. The Morgan fingerprint density at radius 3 is 2.50 bits per heavy atom. The van der Waals surface area contributed by atoms with Crippen LogP contribution in [-0.2, 0) is 27.6 Å². The predicted octanol–water partition coefficient (Wildman–Crippen LogP) is 2.67. The maximum Gasteiger partial charge on any atom is 0.252 e. The summed E-state index contributed by atoms with van der Waals surface area (Å²) in [5, 5.41) is 0.420. The lowest BCUT2D eigenvalue weighted by atomic mass is 10.1. The van der Waals surface area contributed by atoms with Gasteiger partial charge in [0.2, 0.25) is 0 Å². The Bertz CT molecular complexity index is 1010. The lowest BCUT2D eigenvalue weighted by molar-refractivity contribution is -0.117. The Morgan fingerprint density at radius 1 is 1.07 bits per heavy atom. The van der Waals surface area contributed by atoms with Gasteiger partial charge in [0.25, 0.3) is 5.91 Å². The number of benzene rings is 2. The van der Waals surface area contributed by atoms with Crippen LogP contribution < -0.4 is 0 Å². The molecule has 2 fully saturated rings. The normalized spacial score (nSPS) is 24.5. The van der Waals surface area contributed by atoms with Gasteiger partial charge in [0.05, 0.1) is 24.0 Å². The van der Waals surface area contributed by atoms with E-state index < -0.39 is 9.84 Å². The van der Waals surface area contributed by atoms with Crippen LogP contribution in [0.15, 0.2) is 59.6 Å². The van der Waals surface area contributed by atoms with Gasteiger partial charge in [0.1, 0.15) is 5.82 Å². The second-order valence-corrected chi connectivity index (χ2v) is 10.4. The van der Waals surface area contributed by atoms with Crippen LogP contribution in [0, 0.1) is 5.82 Å². The summed E-state index contributed by atoms with van der Waals surface area (Å²) in [6, 6.07) is 15.2. The SMILES string of the molecule is O=C(Cc1ccccc1)N=C1SC2CS(=O)(=O)CC2N1Cc1ccc(F)cc1. The summed E-state index contributed by atoms with van der Waals surface area (Å²) in [5.41, 5.74) is 1.72. The van der Waals surface area contributed by atoms with Gasteiger partial charge in [-0.15, -0.1) is 0 Å². The third-order valence-electron chi connectivity index (χ3n) is 4.86. The van der Waals surface area contributed by atoms with Crippen molar-refractivity contribution in [2.24, 2.45) is 4.99 Å². The van der Waals surface area contributed by atoms with Crippen LogP contribution in [0.2, 0.25) is 0 Å². The van der Waals surface area contributed by atoms with E-state index in [0.29, 0.717) is 11.7 Å². The average molecular weight is 419 g/mol. The number of hydrogen-bond acceptors (Lipinski definition) is 4. The topological polar surface area (TPSA) is 66.8 Å². The van der Waals surface area contributed by atoms with Gasteiger partial charge in [-0.05, 0) is 23.3 Å². The largest absolute Gasteiger partial charge is 0.342 e. The molecule has 0 radical (unpaired) electrons. The van der Waals surface area contributed by atoms with E-state index >= 15 is 0 Å². The molecule has 0 aromatic heterocycles. The van der Waals surface area contributed by atoms with Gasteiger partial charge in [-0.1, -0.05) is 54.2 Å². The van der Waals surface area contributed by atoms with Crippen LogP contribution in [0.5, 0.6) is 0 Å². The lowest BCUT2D eigenvalue weighted by Crippen LogP contribution is -2.37. The molecule has 2 heterocycles. The van der Waals surface area contributed by atoms with Gasteiger partial charge in [0.15, 0.2) is 15.0 Å². The molecule has 8 heteroatoms. The molecule has 2 unspecified atom stereocenters. The van der Waals surface area contributed by atoms with E-state index in [1.807, 2.05) is 35.2 Å². The fourth-order valence-electron chi connectivity index (χ4n) is 3.52. The molecule has 2 atom stereocenters. The van der Waals surface area contributed by atoms with E-state index in [0.717, 1.165) is 11.1 Å². The van der Waals surface area contributed by atoms with E-state index in [-0.39, 0.29) is 40.9 Å². The molecule has 0 aliphatic carbocycles. The molecule has 1 amide bonds. The average Bonchev–Trinajstić information content (AvgIpc) is 3.10. The van der Waals surface area contributed by atoms with Gasteiger partial charge in [-0.25, -0.2) is 12.8 Å². The minimum absolute atomic E-state index is 0.0533. The van der Waals surface area contributed by atoms with Crippen LogP contribution in [0.4, 0.5) is 4.39 Å². The molecule has 2 aliphatic rings. The van der Waals surface area contributed by atoms with E-state index in [4.69, 9.17) is 0 Å². The van der Waals surface area contributed by atoms with Crippen molar-refractivity contribution in [2.75, 3.05) is 11.5 Å². The molecule has 2 saturated heterocycles. The minimum Gasteiger partial charge on any atom is -0.342 e. The van der Waals surface area contributed by atoms with Crippen LogP contribution in [-0.4, -0.2) is 47.2 Å². The van der Waals surface area contributed by atoms with Gasteiger partial charge in [-0.2, -0.15) is 4.99 Å². The maximum absolute atomic E-state index is 13.2. The fourth-order valence-corrected chi connectivity index (χ4v) is 7.49. The standard InChI is InChI=1S/C20H19FN2O3S2/c21-16-8-6-15(7-9-16)11-23-17-12-28(25,26)13-18(17)27-20(23)22-19(24)10-14-4-2-1-3-5-14/h1-9,17-18H,10-13H2. The van der Waals surface area contributed by atoms with Crippen molar-refractivity contribution in [1.82, 2.24) is 4.90 Å². The fraction of sp³-hybridized carbons (Fsp3) is 0.300. The highest BCUT2D eigenvalue weighted by Crippen LogP contribution is 2.39. The summed E-state index contributed by atoms with van der Waals surface area (Å²) in [7, 11) is -3.10. The lowest BCUT2D eigenvalue weighted by Gasteiger charge is -2.24. The smallest absolute Gasteiger partial charge is 0.252 e. The minimum atomic E-state index is -3.10. The Balaban J connectivity index is 1.57. The summed E-state index contributed by atoms with van der Waals surface area (Å²) in [4.78, 5) is 18.6. The van der Waals surface area contributed by atoms with Crippen LogP contribution in [0.25, 0.3) is 0 Å². The van der Waals surface area contributed by atoms with E-state index in [1.165, 1.54) is 23.9 Å². The Morgan fingerprint density at radius 2 is 1.79 bits per heavy atom. The molecule has 0 N–H and O–H groups in total. The number of thioether (sulfide) groups is 1. The number of amidine groups is 1. The first-order chi connectivity index (χ1) is 13.4. The van der Waals surface area contributed by atoms with Gasteiger partial charge in [0, 0.05) is 11.8 Å². The number of sulfone groups is 1. The zero-order valence-corrected chi connectivity index (χ0v) is 16.6. The molecule has 28 heavy (non-hydrogen) atoms. The number of hydrogen-bond donors (Lipinski definition) is 0. The highest BCUT2D eigenvalue weighted by Gasteiger charge is 2.48. The van der Waals surface area contributed by atoms with Crippen LogP contribution >= 0.6 is 11.8 Å². The number of nitrogens with zero attached hydrogens (tertiary/aromatic N) is 2. The second kappa shape index (κ2) is 7.67. The molecule has 146 valence electrons. The number of carbonyl (C=O) groups is 1. The molecule has 0 bridgehead atoms. The van der Waals surface area contributed by atoms with Crippen LogP contribution in [0.1, 0.15) is 11.1 Å². The molecule has 0 spiro atoms. The number of rotatable bonds is 4. The quantitative estimate of drug-likeness (QED) is 0.764. The molecule has 2 aromatic rings.